The number of anilines is 2. The lowest BCUT2D eigenvalue weighted by molar-refractivity contribution is -0.256. The van der Waals surface area contributed by atoms with Crippen LogP contribution in [0.1, 0.15) is 62.1 Å². The average Bonchev–Trinajstić information content (AvgIpc) is 3.36. The van der Waals surface area contributed by atoms with Gasteiger partial charge in [-0.1, -0.05) is 36.4 Å². The molecule has 0 N–H and O–H groups in total. The second-order valence-corrected chi connectivity index (χ2v) is 9.02. The zero-order valence-corrected chi connectivity index (χ0v) is 20.7. The molecule has 6 rings (SSSR count). The fourth-order valence-corrected chi connectivity index (χ4v) is 4.82. The maximum absolute atomic E-state index is 13.2. The highest BCUT2D eigenvalue weighted by molar-refractivity contribution is 6.36. The summed E-state index contributed by atoms with van der Waals surface area (Å²) < 4.78 is 5.83. The number of fused-ring (bicyclic) bond motifs is 2. The molecule has 0 unspecified atom stereocenters. The van der Waals surface area contributed by atoms with E-state index in [0.29, 0.717) is 0 Å². The molecule has 2 heterocycles. The molecule has 0 spiro atoms. The molecule has 41 heavy (non-hydrogen) atoms. The highest BCUT2D eigenvalue weighted by atomic mass is 16.5. The van der Waals surface area contributed by atoms with Gasteiger partial charge in [-0.15, -0.1) is 0 Å². The van der Waals surface area contributed by atoms with Crippen molar-refractivity contribution in [2.45, 2.75) is 0 Å². The second kappa shape index (κ2) is 9.27. The van der Waals surface area contributed by atoms with Crippen LogP contribution in [0, 0.1) is 0 Å². The predicted molar refractivity (Wildman–Crippen MR) is 137 cm³/mol. The highest BCUT2D eigenvalue weighted by Gasteiger charge is 2.39. The van der Waals surface area contributed by atoms with E-state index in [1.165, 1.54) is 84.9 Å². The molecule has 0 fully saturated rings. The third-order valence-corrected chi connectivity index (χ3v) is 6.68. The van der Waals surface area contributed by atoms with Crippen LogP contribution in [0.25, 0.3) is 0 Å². The molecular formula is C30H14N2O9-2. The number of aromatic carboxylic acids is 2. The van der Waals surface area contributed by atoms with Gasteiger partial charge in [-0.3, -0.25) is 19.2 Å². The van der Waals surface area contributed by atoms with Crippen molar-refractivity contribution in [3.8, 4) is 11.5 Å². The Balaban J connectivity index is 1.30. The first kappa shape index (κ1) is 25.2. The van der Waals surface area contributed by atoms with Crippen LogP contribution >= 0.6 is 0 Å². The van der Waals surface area contributed by atoms with Crippen molar-refractivity contribution in [1.82, 2.24) is 0 Å². The second-order valence-electron chi connectivity index (χ2n) is 9.02. The van der Waals surface area contributed by atoms with Crippen molar-refractivity contribution in [2.24, 2.45) is 0 Å². The number of imide groups is 2. The number of carbonyl (C=O) groups excluding carboxylic acids is 6. The highest BCUT2D eigenvalue weighted by Crippen LogP contribution is 2.36. The molecular weight excluding hydrogens is 532 g/mol. The number of carboxylic acid groups (broad SMARTS) is 2. The molecule has 4 amide bonds. The fourth-order valence-electron chi connectivity index (χ4n) is 4.82. The standard InChI is InChI=1S/C30H16N2O9/c33-25-17-11-9-15(13-21(17)27(35)31(25)23-7-3-1-5-19(23)29(37)38)41-16-10-12-18-22(14-16)28(36)32(26(18)34)24-8-4-2-6-20(24)30(39)40/h1-14H,(H,37,38)(H,39,40)/p-2. The summed E-state index contributed by atoms with van der Waals surface area (Å²) in [6, 6.07) is 19.1. The quantitative estimate of drug-likeness (QED) is 0.328. The Labute approximate surface area is 230 Å². The van der Waals surface area contributed by atoms with E-state index < -0.39 is 35.6 Å². The maximum atomic E-state index is 13.2. The van der Waals surface area contributed by atoms with Crippen molar-refractivity contribution in [3.05, 3.63) is 118 Å². The summed E-state index contributed by atoms with van der Waals surface area (Å²) >= 11 is 0. The van der Waals surface area contributed by atoms with Gasteiger partial charge >= 0.3 is 0 Å². The molecule has 0 atom stereocenters. The molecule has 0 saturated carbocycles. The van der Waals surface area contributed by atoms with Crippen molar-refractivity contribution in [1.29, 1.82) is 0 Å². The van der Waals surface area contributed by atoms with Gasteiger partial charge in [0.05, 0.1) is 45.6 Å². The van der Waals surface area contributed by atoms with Gasteiger partial charge in [0, 0.05) is 11.1 Å². The lowest BCUT2D eigenvalue weighted by atomic mass is 10.1. The molecule has 0 saturated heterocycles. The first-order valence-electron chi connectivity index (χ1n) is 12.0. The smallest absolute Gasteiger partial charge is 0.266 e. The van der Waals surface area contributed by atoms with Gasteiger partial charge in [0.25, 0.3) is 23.6 Å². The van der Waals surface area contributed by atoms with Gasteiger partial charge in [0.2, 0.25) is 0 Å². The Bertz CT molecular complexity index is 1740. The van der Waals surface area contributed by atoms with E-state index in [4.69, 9.17) is 4.74 Å². The zero-order valence-electron chi connectivity index (χ0n) is 20.7. The third kappa shape index (κ3) is 3.91. The summed E-state index contributed by atoms with van der Waals surface area (Å²) in [5, 5.41) is 23.1. The van der Waals surface area contributed by atoms with Crippen molar-refractivity contribution in [2.75, 3.05) is 9.80 Å². The van der Waals surface area contributed by atoms with Gasteiger partial charge < -0.3 is 24.5 Å². The number of amides is 4. The van der Waals surface area contributed by atoms with Gasteiger partial charge in [-0.25, -0.2) is 9.80 Å². The normalized spacial score (nSPS) is 13.9. The van der Waals surface area contributed by atoms with E-state index in [-0.39, 0.29) is 56.3 Å². The van der Waals surface area contributed by atoms with Crippen LogP contribution in [-0.4, -0.2) is 35.6 Å². The number of benzene rings is 4. The summed E-state index contributed by atoms with van der Waals surface area (Å²) in [4.78, 5) is 76.9. The van der Waals surface area contributed by atoms with Crippen LogP contribution in [0.3, 0.4) is 0 Å². The van der Waals surface area contributed by atoms with Crippen molar-refractivity contribution in [3.63, 3.8) is 0 Å². The SMILES string of the molecule is O=C([O-])c1ccccc1N1C(=O)c2ccc(Oc3ccc4c(c3)C(=O)N(c3ccccc3C(=O)[O-])C4=O)cc2C1=O. The number of hydrogen-bond donors (Lipinski definition) is 0. The Kier molecular flexibility index (Phi) is 5.70. The largest absolute Gasteiger partial charge is 0.545 e. The van der Waals surface area contributed by atoms with Crippen LogP contribution in [0.4, 0.5) is 11.4 Å². The first-order valence-corrected chi connectivity index (χ1v) is 12.0. The van der Waals surface area contributed by atoms with Crippen molar-refractivity contribution >= 4 is 46.9 Å². The summed E-state index contributed by atoms with van der Waals surface area (Å²) in [6.07, 6.45) is 0. The van der Waals surface area contributed by atoms with E-state index >= 15 is 0 Å². The number of ether oxygens (including phenoxy) is 1. The Hall–Kier alpha value is -6.10. The molecule has 0 bridgehead atoms. The van der Waals surface area contributed by atoms with Crippen molar-refractivity contribution < 1.29 is 43.7 Å². The van der Waals surface area contributed by atoms with E-state index in [1.807, 2.05) is 0 Å². The topological polar surface area (TPSA) is 164 Å². The monoisotopic (exact) mass is 546 g/mol. The van der Waals surface area contributed by atoms with Crippen LogP contribution in [0.15, 0.2) is 84.9 Å². The minimum Gasteiger partial charge on any atom is -0.545 e. The average molecular weight is 546 g/mol. The number of hydrogen-bond acceptors (Lipinski definition) is 9. The molecule has 4 aromatic carbocycles. The minimum absolute atomic E-state index is 0.0295. The van der Waals surface area contributed by atoms with Gasteiger partial charge in [-0.05, 0) is 48.5 Å². The number of carboxylic acids is 2. The number of carbonyl (C=O) groups is 6. The first-order chi connectivity index (χ1) is 19.7. The molecule has 2 aliphatic heterocycles. The molecule has 0 radical (unpaired) electrons. The zero-order chi connectivity index (χ0) is 29.0. The Morgan fingerprint density at radius 2 is 0.878 bits per heavy atom. The number of nitrogens with zero attached hydrogens (tertiary/aromatic N) is 2. The van der Waals surface area contributed by atoms with Gasteiger partial charge in [0.1, 0.15) is 11.5 Å². The van der Waals surface area contributed by atoms with Gasteiger partial charge in [-0.2, -0.15) is 0 Å². The fraction of sp³-hybridized carbons (Fsp3) is 0. The Morgan fingerprint density at radius 1 is 0.512 bits per heavy atom. The van der Waals surface area contributed by atoms with E-state index in [2.05, 4.69) is 0 Å². The maximum Gasteiger partial charge on any atom is 0.266 e. The number of rotatable bonds is 6. The minimum atomic E-state index is -1.55. The third-order valence-electron chi connectivity index (χ3n) is 6.68. The summed E-state index contributed by atoms with van der Waals surface area (Å²) in [5.74, 6) is -5.82. The summed E-state index contributed by atoms with van der Waals surface area (Å²) in [5.41, 5.74) is -0.907. The molecule has 11 nitrogen and oxygen atoms in total. The van der Waals surface area contributed by atoms with E-state index in [0.717, 1.165) is 9.80 Å². The predicted octanol–water partition coefficient (Wildman–Crippen LogP) is 1.81. The Morgan fingerprint density at radius 3 is 1.27 bits per heavy atom. The molecule has 4 aromatic rings. The molecule has 11 heteroatoms. The molecule has 200 valence electrons. The lowest BCUT2D eigenvalue weighted by Gasteiger charge is -2.18. The molecule has 0 aliphatic carbocycles. The van der Waals surface area contributed by atoms with E-state index in [1.54, 1.807) is 0 Å². The van der Waals surface area contributed by atoms with Crippen LogP contribution in [-0.2, 0) is 0 Å². The molecule has 0 aromatic heterocycles. The number of para-hydroxylation sites is 2. The van der Waals surface area contributed by atoms with Crippen LogP contribution < -0.4 is 24.7 Å². The lowest BCUT2D eigenvalue weighted by Crippen LogP contribution is -2.33. The van der Waals surface area contributed by atoms with E-state index in [9.17, 15) is 39.0 Å². The summed E-state index contributed by atoms with van der Waals surface area (Å²) in [6.45, 7) is 0. The van der Waals surface area contributed by atoms with Gasteiger partial charge in [0.15, 0.2) is 0 Å². The van der Waals surface area contributed by atoms with Crippen LogP contribution in [0.2, 0.25) is 0 Å². The van der Waals surface area contributed by atoms with Crippen LogP contribution in [0.5, 0.6) is 11.5 Å². The molecule has 2 aliphatic rings. The summed E-state index contributed by atoms with van der Waals surface area (Å²) in [7, 11) is 0.